The third-order valence-corrected chi connectivity index (χ3v) is 3.82. The van der Waals surface area contributed by atoms with Crippen molar-refractivity contribution in [3.05, 3.63) is 28.0 Å². The minimum Gasteiger partial charge on any atom is -0.204 e. The molecular weight excluding hydrogens is 277 g/mol. The van der Waals surface area contributed by atoms with E-state index in [9.17, 15) is 4.39 Å². The molecule has 0 unspecified atom stereocenters. The highest BCUT2D eigenvalue weighted by Gasteiger charge is 2.10. The van der Waals surface area contributed by atoms with Gasteiger partial charge in [0, 0.05) is 4.90 Å². The van der Waals surface area contributed by atoms with Gasteiger partial charge in [-0.25, -0.2) is 4.39 Å². The van der Waals surface area contributed by atoms with Crippen LogP contribution in [0.2, 0.25) is 0 Å². The van der Waals surface area contributed by atoms with Crippen molar-refractivity contribution in [3.8, 4) is 6.07 Å². The maximum atomic E-state index is 13.7. The van der Waals surface area contributed by atoms with Gasteiger partial charge in [-0.05, 0) is 40.2 Å². The van der Waals surface area contributed by atoms with E-state index in [-0.39, 0.29) is 10.3 Å². The third-order valence-electron chi connectivity index (χ3n) is 1.92. The van der Waals surface area contributed by atoms with Gasteiger partial charge in [0.05, 0.1) is 10.0 Å². The van der Waals surface area contributed by atoms with Crippen molar-refractivity contribution in [2.75, 3.05) is 5.75 Å². The number of nitriles is 1. The van der Waals surface area contributed by atoms with Crippen LogP contribution in [0.15, 0.2) is 21.5 Å². The van der Waals surface area contributed by atoms with Crippen LogP contribution in [-0.4, -0.2) is 5.75 Å². The molecule has 0 saturated carbocycles. The lowest BCUT2D eigenvalue weighted by Gasteiger charge is -2.04. The highest BCUT2D eigenvalue weighted by molar-refractivity contribution is 9.10. The van der Waals surface area contributed by atoms with Crippen LogP contribution >= 0.6 is 27.7 Å². The molecular formula is C11H11BrFNS. The van der Waals surface area contributed by atoms with Gasteiger partial charge < -0.3 is 0 Å². The highest BCUT2D eigenvalue weighted by atomic mass is 79.9. The molecule has 1 aromatic carbocycles. The Morgan fingerprint density at radius 3 is 2.87 bits per heavy atom. The van der Waals surface area contributed by atoms with Gasteiger partial charge in [-0.2, -0.15) is 5.26 Å². The number of hydrogen-bond donors (Lipinski definition) is 0. The predicted octanol–water partition coefficient (Wildman–Crippen LogP) is 4.35. The Kier molecular flexibility index (Phi) is 5.13. The molecule has 4 heteroatoms. The van der Waals surface area contributed by atoms with E-state index in [2.05, 4.69) is 22.9 Å². The molecule has 80 valence electrons. The molecule has 0 aromatic heterocycles. The summed E-state index contributed by atoms with van der Waals surface area (Å²) >= 11 is 4.58. The third kappa shape index (κ3) is 3.22. The Hall–Kier alpha value is -0.530. The lowest BCUT2D eigenvalue weighted by Crippen LogP contribution is -1.89. The lowest BCUT2D eigenvalue weighted by atomic mass is 10.2. The molecule has 0 aliphatic heterocycles. The molecule has 0 fully saturated rings. The number of hydrogen-bond acceptors (Lipinski definition) is 2. The van der Waals surface area contributed by atoms with Crippen molar-refractivity contribution in [2.45, 2.75) is 24.7 Å². The van der Waals surface area contributed by atoms with E-state index in [4.69, 9.17) is 5.26 Å². The molecule has 0 spiro atoms. The summed E-state index contributed by atoms with van der Waals surface area (Å²) < 4.78 is 13.9. The molecule has 1 nitrogen and oxygen atoms in total. The van der Waals surface area contributed by atoms with Crippen LogP contribution < -0.4 is 0 Å². The second-order valence-electron chi connectivity index (χ2n) is 3.05. The number of unbranched alkanes of at least 4 members (excludes halogenated alkanes) is 1. The SMILES string of the molecule is CCCCSc1ccc(C#N)c(Br)c1F. The summed E-state index contributed by atoms with van der Waals surface area (Å²) in [6.45, 7) is 2.10. The molecule has 1 aromatic rings. The fraction of sp³-hybridized carbons (Fsp3) is 0.364. The molecule has 0 atom stereocenters. The fourth-order valence-electron chi connectivity index (χ4n) is 1.06. The first-order valence-corrected chi connectivity index (χ1v) is 6.49. The number of rotatable bonds is 4. The van der Waals surface area contributed by atoms with E-state index in [0.29, 0.717) is 10.5 Å². The largest absolute Gasteiger partial charge is 0.204 e. The maximum Gasteiger partial charge on any atom is 0.152 e. The predicted molar refractivity (Wildman–Crippen MR) is 64.4 cm³/mol. The van der Waals surface area contributed by atoms with Crippen molar-refractivity contribution in [1.82, 2.24) is 0 Å². The average Bonchev–Trinajstić information content (AvgIpc) is 2.25. The summed E-state index contributed by atoms with van der Waals surface area (Å²) in [4.78, 5) is 0.606. The first-order chi connectivity index (χ1) is 7.20. The van der Waals surface area contributed by atoms with E-state index in [1.165, 1.54) is 11.8 Å². The smallest absolute Gasteiger partial charge is 0.152 e. The Labute approximate surface area is 102 Å². The van der Waals surface area contributed by atoms with Crippen LogP contribution in [0.5, 0.6) is 0 Å². The van der Waals surface area contributed by atoms with Crippen molar-refractivity contribution in [2.24, 2.45) is 0 Å². The van der Waals surface area contributed by atoms with Crippen LogP contribution in [0.1, 0.15) is 25.3 Å². The number of halogens is 2. The molecule has 0 amide bonds. The molecule has 0 saturated heterocycles. The Bertz CT molecular complexity index is 387. The van der Waals surface area contributed by atoms with Gasteiger partial charge in [0.2, 0.25) is 0 Å². The molecule has 0 heterocycles. The zero-order chi connectivity index (χ0) is 11.3. The van der Waals surface area contributed by atoms with Crippen LogP contribution in [-0.2, 0) is 0 Å². The number of benzene rings is 1. The zero-order valence-corrected chi connectivity index (χ0v) is 10.8. The van der Waals surface area contributed by atoms with Gasteiger partial charge >= 0.3 is 0 Å². The van der Waals surface area contributed by atoms with Crippen molar-refractivity contribution in [1.29, 1.82) is 5.26 Å². The van der Waals surface area contributed by atoms with Gasteiger partial charge in [-0.1, -0.05) is 13.3 Å². The summed E-state index contributed by atoms with van der Waals surface area (Å²) in [5.74, 6) is 0.585. The average molecular weight is 288 g/mol. The molecule has 0 radical (unpaired) electrons. The highest BCUT2D eigenvalue weighted by Crippen LogP contribution is 2.30. The Balaban J connectivity index is 2.83. The summed E-state index contributed by atoms with van der Waals surface area (Å²) in [6.07, 6.45) is 2.17. The van der Waals surface area contributed by atoms with Gasteiger partial charge in [-0.3, -0.25) is 0 Å². The van der Waals surface area contributed by atoms with Crippen molar-refractivity contribution in [3.63, 3.8) is 0 Å². The van der Waals surface area contributed by atoms with Gasteiger partial charge in [0.25, 0.3) is 0 Å². The van der Waals surface area contributed by atoms with Crippen LogP contribution in [0.3, 0.4) is 0 Å². The Morgan fingerprint density at radius 1 is 1.53 bits per heavy atom. The van der Waals surface area contributed by atoms with Crippen LogP contribution in [0.25, 0.3) is 0 Å². The molecule has 0 N–H and O–H groups in total. The van der Waals surface area contributed by atoms with Gasteiger partial charge in [0.1, 0.15) is 6.07 Å². The van der Waals surface area contributed by atoms with E-state index < -0.39 is 0 Å². The second kappa shape index (κ2) is 6.14. The molecule has 0 aliphatic carbocycles. The lowest BCUT2D eigenvalue weighted by molar-refractivity contribution is 0.594. The van der Waals surface area contributed by atoms with Crippen LogP contribution in [0.4, 0.5) is 4.39 Å². The molecule has 1 rings (SSSR count). The molecule has 15 heavy (non-hydrogen) atoms. The van der Waals surface area contributed by atoms with E-state index >= 15 is 0 Å². The molecule has 0 aliphatic rings. The summed E-state index contributed by atoms with van der Waals surface area (Å²) in [5, 5.41) is 8.69. The number of thioether (sulfide) groups is 1. The minimum atomic E-state index is -0.324. The Morgan fingerprint density at radius 2 is 2.27 bits per heavy atom. The summed E-state index contributed by atoms with van der Waals surface area (Å²) in [7, 11) is 0. The monoisotopic (exact) mass is 287 g/mol. The van der Waals surface area contributed by atoms with Crippen LogP contribution in [0, 0.1) is 17.1 Å². The summed E-state index contributed by atoms with van der Waals surface area (Å²) in [6, 6.07) is 5.24. The zero-order valence-electron chi connectivity index (χ0n) is 8.39. The standard InChI is InChI=1S/C11H11BrFNS/c1-2-3-6-15-9-5-4-8(7-14)10(12)11(9)13/h4-5H,2-3,6H2,1H3. The minimum absolute atomic E-state index is 0.270. The number of nitrogens with zero attached hydrogens (tertiary/aromatic N) is 1. The first-order valence-electron chi connectivity index (χ1n) is 4.71. The normalized spacial score (nSPS) is 10.0. The van der Waals surface area contributed by atoms with E-state index in [0.717, 1.165) is 18.6 Å². The maximum absolute atomic E-state index is 13.7. The quantitative estimate of drug-likeness (QED) is 0.607. The van der Waals surface area contributed by atoms with E-state index in [1.807, 2.05) is 6.07 Å². The van der Waals surface area contributed by atoms with Gasteiger partial charge in [0.15, 0.2) is 5.82 Å². The topological polar surface area (TPSA) is 23.8 Å². The second-order valence-corrected chi connectivity index (χ2v) is 4.98. The first kappa shape index (κ1) is 12.5. The van der Waals surface area contributed by atoms with Crippen molar-refractivity contribution < 1.29 is 4.39 Å². The fourth-order valence-corrected chi connectivity index (χ4v) is 2.67. The van der Waals surface area contributed by atoms with Gasteiger partial charge in [-0.15, -0.1) is 11.8 Å². The summed E-state index contributed by atoms with van der Waals surface area (Å²) in [5.41, 5.74) is 0.340. The van der Waals surface area contributed by atoms with Crippen molar-refractivity contribution >= 4 is 27.7 Å². The van der Waals surface area contributed by atoms with E-state index in [1.54, 1.807) is 12.1 Å². The molecule has 0 bridgehead atoms.